The number of methoxy groups -OCH3 is 1. The van der Waals surface area contributed by atoms with E-state index in [1.165, 1.54) is 0 Å². The van der Waals surface area contributed by atoms with Crippen molar-refractivity contribution in [3.63, 3.8) is 0 Å². The molecule has 0 bridgehead atoms. The minimum Gasteiger partial charge on any atom is -0.496 e. The number of rotatable bonds is 4. The highest BCUT2D eigenvalue weighted by Gasteiger charge is 2.11. The third kappa shape index (κ3) is 2.47. The summed E-state index contributed by atoms with van der Waals surface area (Å²) in [5.41, 5.74) is 8.02. The molecule has 3 nitrogen and oxygen atoms in total. The van der Waals surface area contributed by atoms with Crippen LogP contribution in [0.4, 0.5) is 0 Å². The molecule has 1 aromatic rings. The maximum Gasteiger partial charge on any atom is 0.123 e. The van der Waals surface area contributed by atoms with Gasteiger partial charge in [0.25, 0.3) is 0 Å². The van der Waals surface area contributed by atoms with Crippen LogP contribution in [0.15, 0.2) is 18.2 Å². The lowest BCUT2D eigenvalue weighted by Gasteiger charge is -2.15. The van der Waals surface area contributed by atoms with Crippen LogP contribution in [-0.2, 0) is 0 Å². The van der Waals surface area contributed by atoms with Crippen LogP contribution < -0.4 is 10.5 Å². The van der Waals surface area contributed by atoms with Gasteiger partial charge >= 0.3 is 0 Å². The molecule has 0 aliphatic heterocycles. The molecule has 0 saturated heterocycles. The molecule has 1 rings (SSSR count). The zero-order chi connectivity index (χ0) is 10.6. The molecular weight excluding hydrogens is 178 g/mol. The second-order valence-corrected chi connectivity index (χ2v) is 3.36. The summed E-state index contributed by atoms with van der Waals surface area (Å²) >= 11 is 0. The van der Waals surface area contributed by atoms with Gasteiger partial charge in [0.1, 0.15) is 5.75 Å². The van der Waals surface area contributed by atoms with E-state index in [1.54, 1.807) is 7.11 Å². The van der Waals surface area contributed by atoms with Crippen LogP contribution in [0.2, 0.25) is 0 Å². The third-order valence-electron chi connectivity index (χ3n) is 2.22. The minimum absolute atomic E-state index is 0.0955. The molecule has 3 N–H and O–H groups in total. The van der Waals surface area contributed by atoms with Crippen LogP contribution in [0, 0.1) is 6.92 Å². The predicted octanol–water partition coefficient (Wildman–Crippen LogP) is 1.39. The van der Waals surface area contributed by atoms with Crippen LogP contribution in [0.1, 0.15) is 23.6 Å². The number of nitrogens with two attached hydrogens (primary N) is 1. The lowest BCUT2D eigenvalue weighted by atomic mass is 10.0. The zero-order valence-corrected chi connectivity index (χ0v) is 8.66. The largest absolute Gasteiger partial charge is 0.496 e. The van der Waals surface area contributed by atoms with Crippen molar-refractivity contribution in [3.8, 4) is 5.75 Å². The highest BCUT2D eigenvalue weighted by atomic mass is 16.5. The van der Waals surface area contributed by atoms with Crippen LogP contribution in [-0.4, -0.2) is 18.8 Å². The van der Waals surface area contributed by atoms with E-state index in [9.17, 15) is 0 Å². The number of aliphatic hydroxyl groups is 1. The molecule has 1 atom stereocenters. The van der Waals surface area contributed by atoms with Gasteiger partial charge in [0.2, 0.25) is 0 Å². The second-order valence-electron chi connectivity index (χ2n) is 3.36. The van der Waals surface area contributed by atoms with Gasteiger partial charge in [-0.2, -0.15) is 0 Å². The quantitative estimate of drug-likeness (QED) is 0.763. The van der Waals surface area contributed by atoms with Gasteiger partial charge in [0.05, 0.1) is 7.11 Å². The molecule has 1 aromatic carbocycles. The highest BCUT2D eigenvalue weighted by molar-refractivity contribution is 5.38. The van der Waals surface area contributed by atoms with Crippen LogP contribution in [0.3, 0.4) is 0 Å². The summed E-state index contributed by atoms with van der Waals surface area (Å²) in [7, 11) is 1.62. The van der Waals surface area contributed by atoms with Crippen LogP contribution in [0.5, 0.6) is 5.75 Å². The van der Waals surface area contributed by atoms with E-state index < -0.39 is 0 Å². The Bertz CT molecular complexity index is 299. The van der Waals surface area contributed by atoms with Gasteiger partial charge in [-0.25, -0.2) is 0 Å². The highest BCUT2D eigenvalue weighted by Crippen LogP contribution is 2.26. The van der Waals surface area contributed by atoms with Crippen molar-refractivity contribution in [2.75, 3.05) is 13.7 Å². The fourth-order valence-electron chi connectivity index (χ4n) is 1.44. The molecule has 3 heteroatoms. The SMILES string of the molecule is COc1ccc(C)cc1C(N)CCO. The molecule has 14 heavy (non-hydrogen) atoms. The molecule has 0 fully saturated rings. The van der Waals surface area contributed by atoms with E-state index in [4.69, 9.17) is 15.6 Å². The van der Waals surface area contributed by atoms with E-state index in [-0.39, 0.29) is 12.6 Å². The summed E-state index contributed by atoms with van der Waals surface area (Å²) in [6.07, 6.45) is 0.555. The molecule has 0 aliphatic rings. The summed E-state index contributed by atoms with van der Waals surface area (Å²) in [4.78, 5) is 0. The molecule has 0 saturated carbocycles. The van der Waals surface area contributed by atoms with E-state index in [1.807, 2.05) is 25.1 Å². The standard InChI is InChI=1S/C11H17NO2/c1-8-3-4-11(14-2)9(7-8)10(12)5-6-13/h3-4,7,10,13H,5-6,12H2,1-2H3. The summed E-state index contributed by atoms with van der Waals surface area (Å²) in [5, 5.41) is 8.81. The van der Waals surface area contributed by atoms with Crippen molar-refractivity contribution in [2.45, 2.75) is 19.4 Å². The van der Waals surface area contributed by atoms with Gasteiger partial charge in [0, 0.05) is 18.2 Å². The first-order valence-corrected chi connectivity index (χ1v) is 4.70. The summed E-state index contributed by atoms with van der Waals surface area (Å²) in [6, 6.07) is 5.73. The molecule has 0 aliphatic carbocycles. The minimum atomic E-state index is -0.158. The smallest absolute Gasteiger partial charge is 0.123 e. The van der Waals surface area contributed by atoms with Crippen molar-refractivity contribution in [3.05, 3.63) is 29.3 Å². The third-order valence-corrected chi connectivity index (χ3v) is 2.22. The molecular formula is C11H17NO2. The number of hydrogen-bond acceptors (Lipinski definition) is 3. The number of aliphatic hydroxyl groups excluding tert-OH is 1. The summed E-state index contributed by atoms with van der Waals surface area (Å²) in [6.45, 7) is 2.10. The predicted molar refractivity (Wildman–Crippen MR) is 56.4 cm³/mol. The maximum atomic E-state index is 8.81. The lowest BCUT2D eigenvalue weighted by molar-refractivity contribution is 0.275. The number of hydrogen-bond donors (Lipinski definition) is 2. The molecule has 0 aromatic heterocycles. The van der Waals surface area contributed by atoms with E-state index in [2.05, 4.69) is 0 Å². The van der Waals surface area contributed by atoms with Crippen LogP contribution in [0.25, 0.3) is 0 Å². The maximum absolute atomic E-state index is 8.81. The van der Waals surface area contributed by atoms with Crippen molar-refractivity contribution in [1.82, 2.24) is 0 Å². The van der Waals surface area contributed by atoms with Crippen molar-refractivity contribution in [2.24, 2.45) is 5.73 Å². The Morgan fingerprint density at radius 2 is 2.21 bits per heavy atom. The van der Waals surface area contributed by atoms with E-state index in [0.29, 0.717) is 6.42 Å². The first-order chi connectivity index (χ1) is 6.69. The Balaban J connectivity index is 2.97. The Hall–Kier alpha value is -1.06. The average Bonchev–Trinajstić information content (AvgIpc) is 2.18. The molecule has 78 valence electrons. The molecule has 0 spiro atoms. The van der Waals surface area contributed by atoms with Gasteiger partial charge in [-0.3, -0.25) is 0 Å². The number of ether oxygens (including phenoxy) is 1. The van der Waals surface area contributed by atoms with Gasteiger partial charge in [0.15, 0.2) is 0 Å². The summed E-state index contributed by atoms with van der Waals surface area (Å²) in [5.74, 6) is 0.788. The molecule has 0 radical (unpaired) electrons. The number of aryl methyl sites for hydroxylation is 1. The Morgan fingerprint density at radius 3 is 2.79 bits per heavy atom. The number of benzene rings is 1. The fraction of sp³-hybridized carbons (Fsp3) is 0.455. The average molecular weight is 195 g/mol. The van der Waals surface area contributed by atoms with Crippen LogP contribution >= 0.6 is 0 Å². The second kappa shape index (κ2) is 4.98. The Morgan fingerprint density at radius 1 is 1.50 bits per heavy atom. The monoisotopic (exact) mass is 195 g/mol. The van der Waals surface area contributed by atoms with Crippen molar-refractivity contribution in [1.29, 1.82) is 0 Å². The topological polar surface area (TPSA) is 55.5 Å². The first-order valence-electron chi connectivity index (χ1n) is 4.70. The molecule has 0 heterocycles. The van der Waals surface area contributed by atoms with Crippen molar-refractivity contribution < 1.29 is 9.84 Å². The molecule has 1 unspecified atom stereocenters. The lowest BCUT2D eigenvalue weighted by Crippen LogP contribution is -2.13. The van der Waals surface area contributed by atoms with E-state index in [0.717, 1.165) is 16.9 Å². The molecule has 0 amide bonds. The fourth-order valence-corrected chi connectivity index (χ4v) is 1.44. The van der Waals surface area contributed by atoms with Crippen molar-refractivity contribution >= 4 is 0 Å². The van der Waals surface area contributed by atoms with E-state index >= 15 is 0 Å². The van der Waals surface area contributed by atoms with Gasteiger partial charge in [-0.05, 0) is 19.4 Å². The summed E-state index contributed by atoms with van der Waals surface area (Å²) < 4.78 is 5.21. The Labute approximate surface area is 84.5 Å². The zero-order valence-electron chi connectivity index (χ0n) is 8.66. The van der Waals surface area contributed by atoms with Gasteiger partial charge in [-0.15, -0.1) is 0 Å². The first kappa shape index (κ1) is 11.0. The van der Waals surface area contributed by atoms with Gasteiger partial charge < -0.3 is 15.6 Å². The normalized spacial score (nSPS) is 12.6. The van der Waals surface area contributed by atoms with Gasteiger partial charge in [-0.1, -0.05) is 17.7 Å². The Kier molecular flexibility index (Phi) is 3.92.